The number of H-pyrrole nitrogens is 1. The molecular weight excluding hydrogens is 442 g/mol. The number of fused-ring (bicyclic) bond motifs is 1. The van der Waals surface area contributed by atoms with Gasteiger partial charge < -0.3 is 14.6 Å². The number of esters is 1. The van der Waals surface area contributed by atoms with Crippen LogP contribution in [0.5, 0.6) is 0 Å². The number of aromatic nitrogens is 2. The van der Waals surface area contributed by atoms with Crippen molar-refractivity contribution in [2.75, 3.05) is 13.7 Å². The standard InChI is InChI=1S/C25H30ClN3O4/c1-3-4-5-18-13-29(24(31)16-6-7-17(12-16)25(32)33-2)14-20-21(18)27-22(28-23(20)30)15-8-10-19(26)11-9-15/h8-11,16-18H,3-7,12-14H2,1-2H3,(H,27,28,30)/t16?,17-,18?/m0/s1. The van der Waals surface area contributed by atoms with Crippen LogP contribution in [0, 0.1) is 11.8 Å². The van der Waals surface area contributed by atoms with Crippen LogP contribution in [0.25, 0.3) is 11.4 Å². The predicted molar refractivity (Wildman–Crippen MR) is 126 cm³/mol. The Hall–Kier alpha value is -2.67. The minimum Gasteiger partial charge on any atom is -0.469 e. The normalized spacial score (nSPS) is 22.2. The number of halogens is 1. The monoisotopic (exact) mass is 471 g/mol. The van der Waals surface area contributed by atoms with Gasteiger partial charge in [-0.1, -0.05) is 31.4 Å². The Bertz CT molecular complexity index is 1080. The second-order valence-corrected chi connectivity index (χ2v) is 9.51. The van der Waals surface area contributed by atoms with Crippen LogP contribution in [0.4, 0.5) is 0 Å². The van der Waals surface area contributed by atoms with Crippen molar-refractivity contribution in [1.29, 1.82) is 0 Å². The van der Waals surface area contributed by atoms with Gasteiger partial charge in [-0.05, 0) is 49.9 Å². The van der Waals surface area contributed by atoms with E-state index in [0.29, 0.717) is 42.2 Å². The molecule has 2 aliphatic rings. The fraction of sp³-hybridized carbons (Fsp3) is 0.520. The van der Waals surface area contributed by atoms with Crippen molar-refractivity contribution in [3.05, 3.63) is 50.9 Å². The van der Waals surface area contributed by atoms with Crippen molar-refractivity contribution in [1.82, 2.24) is 14.9 Å². The Balaban J connectivity index is 1.61. The van der Waals surface area contributed by atoms with E-state index in [4.69, 9.17) is 21.3 Å². The number of hydrogen-bond acceptors (Lipinski definition) is 5. The predicted octanol–water partition coefficient (Wildman–Crippen LogP) is 4.30. The molecule has 0 bridgehead atoms. The highest BCUT2D eigenvalue weighted by Gasteiger charge is 2.39. The maximum Gasteiger partial charge on any atom is 0.308 e. The Morgan fingerprint density at radius 3 is 2.64 bits per heavy atom. The molecule has 4 rings (SSSR count). The molecule has 0 saturated heterocycles. The molecule has 1 fully saturated rings. The van der Waals surface area contributed by atoms with Gasteiger partial charge in [0.15, 0.2) is 0 Å². The van der Waals surface area contributed by atoms with Crippen LogP contribution in [0.3, 0.4) is 0 Å². The zero-order valence-corrected chi connectivity index (χ0v) is 19.9. The zero-order chi connectivity index (χ0) is 23.5. The number of methoxy groups -OCH3 is 1. The third-order valence-electron chi connectivity index (χ3n) is 6.88. The number of nitrogens with one attached hydrogen (secondary N) is 1. The van der Waals surface area contributed by atoms with Crippen LogP contribution in [0.15, 0.2) is 29.1 Å². The average molecular weight is 472 g/mol. The third kappa shape index (κ3) is 4.98. The summed E-state index contributed by atoms with van der Waals surface area (Å²) in [6.45, 7) is 2.92. The molecule has 2 unspecified atom stereocenters. The Morgan fingerprint density at radius 2 is 1.94 bits per heavy atom. The van der Waals surface area contributed by atoms with Gasteiger partial charge in [0.25, 0.3) is 5.56 Å². The molecule has 1 amide bonds. The fourth-order valence-electron chi connectivity index (χ4n) is 5.05. The van der Waals surface area contributed by atoms with Crippen molar-refractivity contribution >= 4 is 23.5 Å². The van der Waals surface area contributed by atoms with Gasteiger partial charge in [0.05, 0.1) is 30.8 Å². The molecule has 2 heterocycles. The van der Waals surface area contributed by atoms with E-state index in [1.54, 1.807) is 17.0 Å². The molecule has 0 spiro atoms. The van der Waals surface area contributed by atoms with Gasteiger partial charge in [-0.25, -0.2) is 4.98 Å². The average Bonchev–Trinajstić information content (AvgIpc) is 3.32. The van der Waals surface area contributed by atoms with Crippen LogP contribution >= 0.6 is 11.6 Å². The number of aromatic amines is 1. The summed E-state index contributed by atoms with van der Waals surface area (Å²) in [5.41, 5.74) is 1.95. The van der Waals surface area contributed by atoms with Crippen molar-refractivity contribution in [2.45, 2.75) is 57.9 Å². The number of hydrogen-bond donors (Lipinski definition) is 1. The summed E-state index contributed by atoms with van der Waals surface area (Å²) in [7, 11) is 1.38. The lowest BCUT2D eigenvalue weighted by molar-refractivity contribution is -0.145. The minimum absolute atomic E-state index is 0.00353. The smallest absolute Gasteiger partial charge is 0.308 e. The molecule has 2 aromatic rings. The summed E-state index contributed by atoms with van der Waals surface area (Å²) < 4.78 is 4.86. The molecule has 1 aromatic carbocycles. The minimum atomic E-state index is -0.245. The molecule has 8 heteroatoms. The first kappa shape index (κ1) is 23.5. The van der Waals surface area contributed by atoms with Crippen molar-refractivity contribution in [2.24, 2.45) is 11.8 Å². The van der Waals surface area contributed by atoms with Crippen LogP contribution < -0.4 is 5.56 Å². The van der Waals surface area contributed by atoms with Crippen molar-refractivity contribution in [3.63, 3.8) is 0 Å². The van der Waals surface area contributed by atoms with E-state index in [-0.39, 0.29) is 41.7 Å². The summed E-state index contributed by atoms with van der Waals surface area (Å²) in [5, 5.41) is 0.621. The first-order valence-corrected chi connectivity index (χ1v) is 12.0. The molecule has 33 heavy (non-hydrogen) atoms. The molecule has 7 nitrogen and oxygen atoms in total. The van der Waals surface area contributed by atoms with Gasteiger partial charge in [-0.15, -0.1) is 0 Å². The lowest BCUT2D eigenvalue weighted by Crippen LogP contribution is -2.44. The fourth-order valence-corrected chi connectivity index (χ4v) is 5.18. The maximum atomic E-state index is 13.3. The van der Waals surface area contributed by atoms with E-state index in [0.717, 1.165) is 30.5 Å². The Labute approximate surface area is 198 Å². The molecule has 1 saturated carbocycles. The second-order valence-electron chi connectivity index (χ2n) is 9.07. The molecule has 176 valence electrons. The molecular formula is C25H30ClN3O4. The number of ether oxygens (including phenoxy) is 1. The third-order valence-corrected chi connectivity index (χ3v) is 7.13. The van der Waals surface area contributed by atoms with E-state index in [9.17, 15) is 14.4 Å². The van der Waals surface area contributed by atoms with Gasteiger partial charge in [-0.3, -0.25) is 14.4 Å². The van der Waals surface area contributed by atoms with Gasteiger partial charge in [0.1, 0.15) is 5.82 Å². The van der Waals surface area contributed by atoms with E-state index >= 15 is 0 Å². The van der Waals surface area contributed by atoms with E-state index in [1.165, 1.54) is 7.11 Å². The number of unbranched alkanes of at least 4 members (excludes halogenated alkanes) is 1. The summed E-state index contributed by atoms with van der Waals surface area (Å²) in [6, 6.07) is 7.22. The van der Waals surface area contributed by atoms with E-state index in [1.807, 2.05) is 12.1 Å². The first-order chi connectivity index (χ1) is 15.9. The van der Waals surface area contributed by atoms with Crippen molar-refractivity contribution < 1.29 is 14.3 Å². The number of carbonyl (C=O) groups is 2. The highest BCUT2D eigenvalue weighted by molar-refractivity contribution is 6.30. The van der Waals surface area contributed by atoms with E-state index < -0.39 is 0 Å². The number of nitrogens with zero attached hydrogens (tertiary/aromatic N) is 2. The molecule has 1 aliphatic carbocycles. The maximum absolute atomic E-state index is 13.3. The summed E-state index contributed by atoms with van der Waals surface area (Å²) >= 11 is 6.00. The molecule has 1 N–H and O–H groups in total. The lowest BCUT2D eigenvalue weighted by atomic mass is 9.89. The topological polar surface area (TPSA) is 92.4 Å². The van der Waals surface area contributed by atoms with Gasteiger partial charge in [0, 0.05) is 29.0 Å². The first-order valence-electron chi connectivity index (χ1n) is 11.7. The second kappa shape index (κ2) is 10.1. The van der Waals surface area contributed by atoms with Gasteiger partial charge in [0.2, 0.25) is 5.91 Å². The number of carbonyl (C=O) groups excluding carboxylic acids is 2. The Kier molecular flexibility index (Phi) is 7.17. The Morgan fingerprint density at radius 1 is 1.21 bits per heavy atom. The lowest BCUT2D eigenvalue weighted by Gasteiger charge is -2.35. The SMILES string of the molecule is CCCCC1CN(C(=O)C2CC[C@H](C(=O)OC)C2)Cc2c1nc(-c1ccc(Cl)cc1)[nH]c2=O. The number of benzene rings is 1. The van der Waals surface area contributed by atoms with Crippen LogP contribution in [0.1, 0.15) is 62.6 Å². The van der Waals surface area contributed by atoms with Gasteiger partial charge in [-0.2, -0.15) is 0 Å². The van der Waals surface area contributed by atoms with Crippen molar-refractivity contribution in [3.8, 4) is 11.4 Å². The quantitative estimate of drug-likeness (QED) is 0.634. The number of amides is 1. The molecule has 1 aromatic heterocycles. The van der Waals surface area contributed by atoms with Crippen LogP contribution in [0.2, 0.25) is 5.02 Å². The molecule has 0 radical (unpaired) electrons. The van der Waals surface area contributed by atoms with E-state index in [2.05, 4.69) is 11.9 Å². The number of rotatable bonds is 6. The zero-order valence-electron chi connectivity index (χ0n) is 19.1. The highest BCUT2D eigenvalue weighted by Crippen LogP contribution is 2.36. The molecule has 1 aliphatic heterocycles. The largest absolute Gasteiger partial charge is 0.469 e. The van der Waals surface area contributed by atoms with Crippen LogP contribution in [-0.4, -0.2) is 40.4 Å². The summed E-state index contributed by atoms with van der Waals surface area (Å²) in [5.74, 6) is -0.121. The molecule has 3 atom stereocenters. The van der Waals surface area contributed by atoms with Gasteiger partial charge >= 0.3 is 5.97 Å². The van der Waals surface area contributed by atoms with Crippen LogP contribution in [-0.2, 0) is 20.9 Å². The summed E-state index contributed by atoms with van der Waals surface area (Å²) in [4.78, 5) is 47.9. The highest BCUT2D eigenvalue weighted by atomic mass is 35.5. The summed E-state index contributed by atoms with van der Waals surface area (Å²) in [6.07, 6.45) is 4.73.